The Morgan fingerprint density at radius 1 is 0.846 bits per heavy atom. The molecule has 3 aliphatic rings. The highest BCUT2D eigenvalue weighted by Crippen LogP contribution is 2.57. The normalized spacial score (nSPS) is 39.5. The van der Waals surface area contributed by atoms with Gasteiger partial charge in [-0.25, -0.2) is 8.37 Å². The largest absolute Gasteiger partial charge is 0.409 e. The Labute approximate surface area is 145 Å². The van der Waals surface area contributed by atoms with Gasteiger partial charge >= 0.3 is 43.0 Å². The second-order valence-electron chi connectivity index (χ2n) is 5.13. The van der Waals surface area contributed by atoms with E-state index in [9.17, 15) is 40.6 Å². The van der Waals surface area contributed by atoms with E-state index in [4.69, 9.17) is 5.11 Å². The number of hydrogen-bond acceptors (Lipinski definition) is 16. The van der Waals surface area contributed by atoms with E-state index in [1.54, 1.807) is 0 Å². The molecule has 0 radical (unpaired) electrons. The molecule has 0 aliphatic carbocycles. The summed E-state index contributed by atoms with van der Waals surface area (Å²) in [4.78, 5) is 0. The van der Waals surface area contributed by atoms with Gasteiger partial charge < -0.3 is 20.4 Å². The van der Waals surface area contributed by atoms with E-state index in [1.165, 1.54) is 0 Å². The molecule has 3 saturated heterocycles. The van der Waals surface area contributed by atoms with Crippen molar-refractivity contribution < 1.29 is 70.8 Å². The molecule has 152 valence electrons. The third-order valence-electron chi connectivity index (χ3n) is 3.37. The maximum atomic E-state index is 11.6. The predicted octanol–water partition coefficient (Wildman–Crippen LogP) is -5.00. The van der Waals surface area contributed by atoms with Crippen molar-refractivity contribution in [2.45, 2.75) is 36.2 Å². The van der Waals surface area contributed by atoms with Crippen LogP contribution < -0.4 is 0 Å². The van der Waals surface area contributed by atoms with Crippen molar-refractivity contribution in [2.75, 3.05) is 6.61 Å². The Morgan fingerprint density at radius 2 is 1.35 bits per heavy atom. The summed E-state index contributed by atoms with van der Waals surface area (Å²) in [5, 5.41) is 39.2. The zero-order valence-electron chi connectivity index (χ0n) is 12.0. The smallest absolute Gasteiger partial charge is 0.396 e. The van der Waals surface area contributed by atoms with Gasteiger partial charge in [-0.3, -0.25) is 0 Å². The fourth-order valence-electron chi connectivity index (χ4n) is 2.40. The third-order valence-corrected chi connectivity index (χ3v) is 6.01. The first-order chi connectivity index (χ1) is 11.6. The van der Waals surface area contributed by atoms with Crippen LogP contribution in [0, 0.1) is 0 Å². The number of hydrogen-bond donors (Lipinski definition) is 4. The second-order valence-corrected chi connectivity index (χ2v) is 8.61. The summed E-state index contributed by atoms with van der Waals surface area (Å²) in [5.41, 5.74) is 0. The van der Waals surface area contributed by atoms with Crippen molar-refractivity contribution in [3.63, 3.8) is 0 Å². The zero-order valence-corrected chi connectivity index (χ0v) is 14.4. The fraction of sp³-hybridized carbons (Fsp3) is 1.00. The molecule has 3 heterocycles. The van der Waals surface area contributed by atoms with Crippen molar-refractivity contribution in [1.82, 2.24) is 0 Å². The molecule has 26 heavy (non-hydrogen) atoms. The molecule has 0 aromatic rings. The predicted molar refractivity (Wildman–Crippen MR) is 67.4 cm³/mol. The molecule has 0 spiro atoms. The molecule has 0 aromatic heterocycles. The average Bonchev–Trinajstić information content (AvgIpc) is 2.64. The summed E-state index contributed by atoms with van der Waals surface area (Å²) in [7, 11) is -15.0. The quantitative estimate of drug-likeness (QED) is 0.309. The molecule has 3 rings (SSSR count). The van der Waals surface area contributed by atoms with Crippen molar-refractivity contribution in [3.8, 4) is 0 Å². The van der Waals surface area contributed by atoms with Gasteiger partial charge in [0, 0.05) is 6.61 Å². The van der Waals surface area contributed by atoms with E-state index < -0.39 is 74.0 Å². The molecule has 3 atom stereocenters. The van der Waals surface area contributed by atoms with E-state index in [2.05, 4.69) is 25.1 Å². The highest BCUT2D eigenvalue weighted by atomic mass is 32.3. The van der Waals surface area contributed by atoms with E-state index in [1.807, 2.05) is 0 Å². The maximum absolute atomic E-state index is 11.6. The van der Waals surface area contributed by atoms with Gasteiger partial charge in [-0.05, 0) is 6.42 Å². The number of aliphatic hydroxyl groups is 4. The SMILES string of the molecule is O=S1(=O)OC(O)(C2(C3(O)OS(=O)(=O)OC3C(O)CCO)OS(=O)(=O)O2)O1. The molecule has 0 aromatic carbocycles. The highest BCUT2D eigenvalue weighted by Gasteiger charge is 2.89. The minimum Gasteiger partial charge on any atom is -0.396 e. The van der Waals surface area contributed by atoms with Crippen LogP contribution in [0.5, 0.6) is 0 Å². The van der Waals surface area contributed by atoms with Gasteiger partial charge in [-0.15, -0.1) is 0 Å². The monoisotopic (exact) mass is 446 g/mol. The Morgan fingerprint density at radius 3 is 1.77 bits per heavy atom. The van der Waals surface area contributed by atoms with Crippen LogP contribution in [-0.2, 0) is 56.3 Å². The molecule has 4 N–H and O–H groups in total. The van der Waals surface area contributed by atoms with Crippen LogP contribution in [0.2, 0.25) is 0 Å². The van der Waals surface area contributed by atoms with Crippen LogP contribution in [0.1, 0.15) is 6.42 Å². The first kappa shape index (κ1) is 20.2. The summed E-state index contributed by atoms with van der Waals surface area (Å²) in [6, 6.07) is 0. The van der Waals surface area contributed by atoms with E-state index in [0.717, 1.165) is 0 Å². The number of rotatable bonds is 5. The van der Waals surface area contributed by atoms with Crippen LogP contribution in [0.4, 0.5) is 0 Å². The van der Waals surface area contributed by atoms with Gasteiger partial charge in [0.2, 0.25) is 0 Å². The lowest BCUT2D eigenvalue weighted by molar-refractivity contribution is -0.515. The molecule has 0 bridgehead atoms. The molecule has 3 fully saturated rings. The maximum Gasteiger partial charge on any atom is 0.409 e. The van der Waals surface area contributed by atoms with Crippen molar-refractivity contribution >= 4 is 31.2 Å². The van der Waals surface area contributed by atoms with Crippen molar-refractivity contribution in [2.24, 2.45) is 0 Å². The van der Waals surface area contributed by atoms with E-state index in [0.29, 0.717) is 0 Å². The molecule has 3 aliphatic heterocycles. The minimum atomic E-state index is -5.15. The first-order valence-corrected chi connectivity index (χ1v) is 10.3. The molecule has 0 amide bonds. The molecular formula is C7H10O16S3. The van der Waals surface area contributed by atoms with Crippen molar-refractivity contribution in [3.05, 3.63) is 0 Å². The Kier molecular flexibility index (Phi) is 4.27. The van der Waals surface area contributed by atoms with Gasteiger partial charge in [-0.1, -0.05) is 0 Å². The van der Waals surface area contributed by atoms with Crippen LogP contribution in [0.3, 0.4) is 0 Å². The zero-order chi connectivity index (χ0) is 19.8. The van der Waals surface area contributed by atoms with E-state index in [-0.39, 0.29) is 0 Å². The molecular weight excluding hydrogens is 436 g/mol. The van der Waals surface area contributed by atoms with Gasteiger partial charge in [0.1, 0.15) is 0 Å². The lowest BCUT2D eigenvalue weighted by atomic mass is 9.92. The highest BCUT2D eigenvalue weighted by molar-refractivity contribution is 7.83. The topological polar surface area (TPSA) is 239 Å². The van der Waals surface area contributed by atoms with Crippen LogP contribution >= 0.6 is 0 Å². The molecule has 0 saturated carbocycles. The Bertz CT molecular complexity index is 893. The third kappa shape index (κ3) is 2.76. The van der Waals surface area contributed by atoms with Crippen LogP contribution in [0.15, 0.2) is 0 Å². The second kappa shape index (κ2) is 5.50. The van der Waals surface area contributed by atoms with E-state index >= 15 is 0 Å². The summed E-state index contributed by atoms with van der Waals surface area (Å²) in [6.45, 7) is -0.768. The fourth-order valence-corrected chi connectivity index (χ4v) is 5.29. The lowest BCUT2D eigenvalue weighted by Gasteiger charge is -2.54. The first-order valence-electron chi connectivity index (χ1n) is 6.31. The molecule has 19 heteroatoms. The lowest BCUT2D eigenvalue weighted by Crippen LogP contribution is -2.83. The van der Waals surface area contributed by atoms with Crippen LogP contribution in [0.25, 0.3) is 0 Å². The molecule has 16 nitrogen and oxygen atoms in total. The summed E-state index contributed by atoms with van der Waals surface area (Å²) >= 11 is 0. The summed E-state index contributed by atoms with van der Waals surface area (Å²) in [6.07, 6.45) is -5.20. The number of aliphatic hydroxyl groups excluding tert-OH is 2. The standard InChI is InChI=1S/C7H10O16S3/c8-2-1-3(9)4-5(10,19-24(12,13)18-4)6(20-25(14,15)21-6)7(11)22-26(16,17)23-7/h3-4,8-11H,1-2H2. The summed E-state index contributed by atoms with van der Waals surface area (Å²) in [5.74, 6) is -11.2. The van der Waals surface area contributed by atoms with Gasteiger partial charge in [0.15, 0.2) is 6.10 Å². The van der Waals surface area contributed by atoms with Gasteiger partial charge in [-0.2, -0.15) is 42.0 Å². The minimum absolute atomic E-state index is 0.646. The van der Waals surface area contributed by atoms with Crippen molar-refractivity contribution in [1.29, 1.82) is 0 Å². The Balaban J connectivity index is 2.11. The average molecular weight is 446 g/mol. The molecule has 3 unspecified atom stereocenters. The summed E-state index contributed by atoms with van der Waals surface area (Å²) < 4.78 is 92.1. The van der Waals surface area contributed by atoms with Crippen LogP contribution in [-0.4, -0.2) is 82.0 Å². The van der Waals surface area contributed by atoms with Gasteiger partial charge in [0.05, 0.1) is 6.10 Å². The Hall–Kier alpha value is -0.550. The van der Waals surface area contributed by atoms with Gasteiger partial charge in [0.25, 0.3) is 5.79 Å².